The Morgan fingerprint density at radius 1 is 1.07 bits per heavy atom. The lowest BCUT2D eigenvalue weighted by Gasteiger charge is -2.00. The normalized spacial score (nSPS) is 7.53. The molecular formula is C11H26N2O2. The maximum absolute atomic E-state index is 10.8. The molecule has 0 fully saturated rings. The Balaban J connectivity index is -0.000000318. The van der Waals surface area contributed by atoms with Gasteiger partial charge in [0.15, 0.2) is 0 Å². The first kappa shape index (κ1) is 19.5. The van der Waals surface area contributed by atoms with Crippen LogP contribution in [0.25, 0.3) is 0 Å². The van der Waals surface area contributed by atoms with Crippen molar-refractivity contribution >= 4 is 11.8 Å². The molecule has 0 aliphatic heterocycles. The van der Waals surface area contributed by atoms with Gasteiger partial charge >= 0.3 is 0 Å². The van der Waals surface area contributed by atoms with Gasteiger partial charge in [0, 0.05) is 19.4 Å². The fourth-order valence-electron chi connectivity index (χ4n) is 0.590. The molecular weight excluding hydrogens is 192 g/mol. The Morgan fingerprint density at radius 2 is 1.53 bits per heavy atom. The Morgan fingerprint density at radius 3 is 1.87 bits per heavy atom. The number of amides is 2. The first-order valence-corrected chi connectivity index (χ1v) is 5.71. The number of primary amides is 1. The molecule has 0 rings (SSSR count). The molecule has 92 valence electrons. The lowest BCUT2D eigenvalue weighted by molar-refractivity contribution is -0.125. The molecule has 3 N–H and O–H groups in total. The van der Waals surface area contributed by atoms with Gasteiger partial charge in [-0.2, -0.15) is 0 Å². The standard InChI is InChI=1S/C7H14N2O2.2C2H6/c1-2-5-9-7(11)4-3-6(8)10;2*1-2/h2-5H2,1H3,(H2,8,10)(H,9,11);2*1-2H3. The second kappa shape index (κ2) is 18.7. The van der Waals surface area contributed by atoms with Gasteiger partial charge in [0.05, 0.1) is 0 Å². The minimum atomic E-state index is -0.434. The Labute approximate surface area is 93.6 Å². The van der Waals surface area contributed by atoms with Gasteiger partial charge in [-0.15, -0.1) is 0 Å². The molecule has 2 amide bonds. The van der Waals surface area contributed by atoms with Crippen molar-refractivity contribution < 1.29 is 9.59 Å². The maximum Gasteiger partial charge on any atom is 0.220 e. The number of hydrogen-bond donors (Lipinski definition) is 2. The summed E-state index contributed by atoms with van der Waals surface area (Å²) in [4.78, 5) is 21.0. The summed E-state index contributed by atoms with van der Waals surface area (Å²) in [6.45, 7) is 10.6. The van der Waals surface area contributed by atoms with E-state index < -0.39 is 5.91 Å². The molecule has 0 spiro atoms. The van der Waals surface area contributed by atoms with Crippen molar-refractivity contribution in [3.8, 4) is 0 Å². The van der Waals surface area contributed by atoms with E-state index in [1.165, 1.54) is 0 Å². The summed E-state index contributed by atoms with van der Waals surface area (Å²) in [7, 11) is 0. The van der Waals surface area contributed by atoms with Crippen molar-refractivity contribution in [2.75, 3.05) is 6.54 Å². The van der Waals surface area contributed by atoms with Crippen LogP contribution in [0.1, 0.15) is 53.9 Å². The predicted molar refractivity (Wildman–Crippen MR) is 64.4 cm³/mol. The zero-order valence-corrected chi connectivity index (χ0v) is 10.7. The van der Waals surface area contributed by atoms with Crippen LogP contribution in [0.5, 0.6) is 0 Å². The topological polar surface area (TPSA) is 72.2 Å². The smallest absolute Gasteiger partial charge is 0.220 e. The third kappa shape index (κ3) is 24.6. The van der Waals surface area contributed by atoms with E-state index in [0.29, 0.717) is 6.54 Å². The molecule has 0 radical (unpaired) electrons. The summed E-state index contributed by atoms with van der Waals surface area (Å²) in [6.07, 6.45) is 1.24. The van der Waals surface area contributed by atoms with Gasteiger partial charge < -0.3 is 11.1 Å². The van der Waals surface area contributed by atoms with Crippen molar-refractivity contribution in [1.29, 1.82) is 0 Å². The quantitative estimate of drug-likeness (QED) is 0.739. The van der Waals surface area contributed by atoms with Gasteiger partial charge in [-0.1, -0.05) is 34.6 Å². The van der Waals surface area contributed by atoms with Gasteiger partial charge in [0.1, 0.15) is 0 Å². The molecule has 0 unspecified atom stereocenters. The maximum atomic E-state index is 10.8. The minimum absolute atomic E-state index is 0.106. The van der Waals surface area contributed by atoms with Crippen molar-refractivity contribution in [2.45, 2.75) is 53.9 Å². The van der Waals surface area contributed by atoms with E-state index in [1.54, 1.807) is 0 Å². The van der Waals surface area contributed by atoms with E-state index in [2.05, 4.69) is 5.32 Å². The molecule has 0 bridgehead atoms. The molecule has 0 atom stereocenters. The zero-order valence-electron chi connectivity index (χ0n) is 10.7. The molecule has 0 aromatic carbocycles. The van der Waals surface area contributed by atoms with Gasteiger partial charge in [0.25, 0.3) is 0 Å². The summed E-state index contributed by atoms with van der Waals surface area (Å²) < 4.78 is 0. The average Bonchev–Trinajstić information content (AvgIpc) is 2.29. The number of carbonyl (C=O) groups excluding carboxylic acids is 2. The van der Waals surface area contributed by atoms with Crippen molar-refractivity contribution in [1.82, 2.24) is 5.32 Å². The first-order chi connectivity index (χ1) is 7.16. The van der Waals surface area contributed by atoms with E-state index in [9.17, 15) is 9.59 Å². The third-order valence-corrected chi connectivity index (χ3v) is 1.17. The summed E-state index contributed by atoms with van der Waals surface area (Å²) in [6, 6.07) is 0. The second-order valence-corrected chi connectivity index (χ2v) is 2.32. The van der Waals surface area contributed by atoms with Gasteiger partial charge in [-0.3, -0.25) is 9.59 Å². The zero-order chi connectivity index (χ0) is 12.7. The average molecular weight is 218 g/mol. The molecule has 0 aromatic heterocycles. The third-order valence-electron chi connectivity index (χ3n) is 1.17. The number of nitrogens with two attached hydrogens (primary N) is 1. The van der Waals surface area contributed by atoms with Gasteiger partial charge in [-0.05, 0) is 6.42 Å². The summed E-state index contributed by atoms with van der Waals surface area (Å²) in [5.74, 6) is -0.540. The van der Waals surface area contributed by atoms with Crippen molar-refractivity contribution in [3.63, 3.8) is 0 Å². The summed E-state index contributed by atoms with van der Waals surface area (Å²) in [5, 5.41) is 2.64. The molecule has 0 aliphatic carbocycles. The van der Waals surface area contributed by atoms with Crippen LogP contribution in [0, 0.1) is 0 Å². The SMILES string of the molecule is CC.CC.CCCNC(=O)CCC(N)=O. The van der Waals surface area contributed by atoms with Crippen LogP contribution in [0.4, 0.5) is 0 Å². The minimum Gasteiger partial charge on any atom is -0.370 e. The number of hydrogen-bond acceptors (Lipinski definition) is 2. The van der Waals surface area contributed by atoms with Crippen molar-refractivity contribution in [2.24, 2.45) is 5.73 Å². The Hall–Kier alpha value is -1.06. The lowest BCUT2D eigenvalue weighted by Crippen LogP contribution is -2.25. The molecule has 0 aromatic rings. The Kier molecular flexibility index (Phi) is 24.3. The fraction of sp³-hybridized carbons (Fsp3) is 0.818. The van der Waals surface area contributed by atoms with E-state index >= 15 is 0 Å². The molecule has 4 nitrogen and oxygen atoms in total. The molecule has 0 saturated heterocycles. The monoisotopic (exact) mass is 218 g/mol. The highest BCUT2D eigenvalue weighted by molar-refractivity contribution is 5.82. The highest BCUT2D eigenvalue weighted by Gasteiger charge is 2.01. The summed E-state index contributed by atoms with van der Waals surface area (Å²) >= 11 is 0. The summed E-state index contributed by atoms with van der Waals surface area (Å²) in [5.41, 5.74) is 4.85. The van der Waals surface area contributed by atoms with Crippen LogP contribution < -0.4 is 11.1 Å². The van der Waals surface area contributed by atoms with E-state index in [0.717, 1.165) is 6.42 Å². The number of rotatable bonds is 5. The predicted octanol–water partition coefficient (Wildman–Crippen LogP) is 1.83. The first-order valence-electron chi connectivity index (χ1n) is 5.71. The molecule has 4 heteroatoms. The molecule has 0 saturated carbocycles. The number of carbonyl (C=O) groups is 2. The number of nitrogens with one attached hydrogen (secondary N) is 1. The Bertz CT molecular complexity index is 148. The van der Waals surface area contributed by atoms with Crippen LogP contribution in [0.3, 0.4) is 0 Å². The van der Waals surface area contributed by atoms with Crippen LogP contribution in [-0.2, 0) is 9.59 Å². The largest absolute Gasteiger partial charge is 0.370 e. The van der Waals surface area contributed by atoms with Gasteiger partial charge in [0.2, 0.25) is 11.8 Å². The van der Waals surface area contributed by atoms with E-state index in [-0.39, 0.29) is 18.7 Å². The van der Waals surface area contributed by atoms with Crippen LogP contribution in [0.15, 0.2) is 0 Å². The van der Waals surface area contributed by atoms with Crippen LogP contribution >= 0.6 is 0 Å². The van der Waals surface area contributed by atoms with E-state index in [1.807, 2.05) is 34.6 Å². The fourth-order valence-corrected chi connectivity index (χ4v) is 0.590. The highest BCUT2D eigenvalue weighted by Crippen LogP contribution is 1.86. The second-order valence-electron chi connectivity index (χ2n) is 2.32. The van der Waals surface area contributed by atoms with Crippen molar-refractivity contribution in [3.05, 3.63) is 0 Å². The molecule has 0 heterocycles. The highest BCUT2D eigenvalue weighted by atomic mass is 16.2. The molecule has 15 heavy (non-hydrogen) atoms. The van der Waals surface area contributed by atoms with Gasteiger partial charge in [-0.25, -0.2) is 0 Å². The lowest BCUT2D eigenvalue weighted by atomic mass is 10.3. The molecule has 0 aliphatic rings. The van der Waals surface area contributed by atoms with Crippen LogP contribution in [0.2, 0.25) is 0 Å². The van der Waals surface area contributed by atoms with Crippen LogP contribution in [-0.4, -0.2) is 18.4 Å². The van der Waals surface area contributed by atoms with E-state index in [4.69, 9.17) is 5.73 Å².